The largest absolute Gasteiger partial charge is 0.370 e. The molecule has 0 heterocycles. The third-order valence-corrected chi connectivity index (χ3v) is 2.20. The van der Waals surface area contributed by atoms with Gasteiger partial charge in [-0.05, 0) is 17.7 Å². The first-order valence-corrected chi connectivity index (χ1v) is 4.81. The third-order valence-electron chi connectivity index (χ3n) is 1.61. The molecule has 7 heteroatoms. The Balaban J connectivity index is 0.00000225. The third kappa shape index (κ3) is 4.70. The van der Waals surface area contributed by atoms with Gasteiger partial charge >= 0.3 is 0 Å². The fourth-order valence-electron chi connectivity index (χ4n) is 1.01. The quantitative estimate of drug-likeness (QED) is 0.640. The lowest BCUT2D eigenvalue weighted by Gasteiger charge is -2.01. The van der Waals surface area contributed by atoms with Crippen LogP contribution < -0.4 is 11.5 Å². The molecular formula is C9H10Cl3N3O. The predicted molar refractivity (Wildman–Crippen MR) is 68.2 cm³/mol. The van der Waals surface area contributed by atoms with Crippen LogP contribution in [0.1, 0.15) is 5.56 Å². The molecule has 1 rings (SSSR count). The zero-order valence-corrected chi connectivity index (χ0v) is 10.4. The van der Waals surface area contributed by atoms with Crippen LogP contribution in [-0.4, -0.2) is 11.9 Å². The van der Waals surface area contributed by atoms with E-state index in [9.17, 15) is 4.79 Å². The molecule has 16 heavy (non-hydrogen) atoms. The Morgan fingerprint density at radius 3 is 2.44 bits per heavy atom. The summed E-state index contributed by atoms with van der Waals surface area (Å²) in [6, 6.07) is 4.86. The molecular weight excluding hydrogens is 272 g/mol. The van der Waals surface area contributed by atoms with Crippen molar-refractivity contribution in [3.8, 4) is 0 Å². The fraction of sp³-hybridized carbons (Fsp3) is 0.111. The number of halogens is 3. The molecule has 88 valence electrons. The van der Waals surface area contributed by atoms with Gasteiger partial charge in [0.2, 0.25) is 0 Å². The maximum absolute atomic E-state index is 11.2. The molecule has 1 aromatic carbocycles. The lowest BCUT2D eigenvalue weighted by molar-refractivity contribution is -0.117. The van der Waals surface area contributed by atoms with Gasteiger partial charge in [-0.1, -0.05) is 29.3 Å². The highest BCUT2D eigenvalue weighted by molar-refractivity contribution is 6.35. The second-order valence-electron chi connectivity index (χ2n) is 2.84. The van der Waals surface area contributed by atoms with Crippen molar-refractivity contribution in [2.45, 2.75) is 6.42 Å². The van der Waals surface area contributed by atoms with Crippen LogP contribution in [0.5, 0.6) is 0 Å². The first kappa shape index (κ1) is 15.0. The van der Waals surface area contributed by atoms with Gasteiger partial charge in [-0.2, -0.15) is 4.99 Å². The van der Waals surface area contributed by atoms with Crippen LogP contribution in [0.25, 0.3) is 0 Å². The van der Waals surface area contributed by atoms with Gasteiger partial charge in [0.05, 0.1) is 6.42 Å². The second-order valence-corrected chi connectivity index (χ2v) is 3.69. The van der Waals surface area contributed by atoms with E-state index in [-0.39, 0.29) is 24.8 Å². The molecule has 4 nitrogen and oxygen atoms in total. The Morgan fingerprint density at radius 1 is 1.31 bits per heavy atom. The van der Waals surface area contributed by atoms with E-state index in [1.165, 1.54) is 0 Å². The highest BCUT2D eigenvalue weighted by Crippen LogP contribution is 2.21. The monoisotopic (exact) mass is 281 g/mol. The normalized spacial score (nSPS) is 9.12. The molecule has 0 saturated carbocycles. The number of amides is 1. The van der Waals surface area contributed by atoms with E-state index < -0.39 is 5.91 Å². The molecule has 0 aromatic heterocycles. The van der Waals surface area contributed by atoms with Crippen LogP contribution in [0.4, 0.5) is 0 Å². The average Bonchev–Trinajstić information content (AvgIpc) is 2.08. The van der Waals surface area contributed by atoms with Crippen molar-refractivity contribution in [3.05, 3.63) is 33.8 Å². The smallest absolute Gasteiger partial charge is 0.253 e. The Hall–Kier alpha value is -0.970. The Kier molecular flexibility index (Phi) is 6.18. The number of guanidine groups is 1. The van der Waals surface area contributed by atoms with Crippen LogP contribution in [0.2, 0.25) is 10.0 Å². The molecule has 0 bridgehead atoms. The van der Waals surface area contributed by atoms with Gasteiger partial charge in [0, 0.05) is 10.0 Å². The number of hydrogen-bond acceptors (Lipinski definition) is 1. The van der Waals surface area contributed by atoms with Crippen molar-refractivity contribution < 1.29 is 4.79 Å². The summed E-state index contributed by atoms with van der Waals surface area (Å²) < 4.78 is 0. The van der Waals surface area contributed by atoms with Crippen LogP contribution in [0.3, 0.4) is 0 Å². The maximum atomic E-state index is 11.2. The number of rotatable bonds is 2. The summed E-state index contributed by atoms with van der Waals surface area (Å²) >= 11 is 11.6. The lowest BCUT2D eigenvalue weighted by atomic mass is 10.1. The van der Waals surface area contributed by atoms with Crippen molar-refractivity contribution in [2.75, 3.05) is 0 Å². The van der Waals surface area contributed by atoms with Crippen molar-refractivity contribution in [2.24, 2.45) is 16.5 Å². The van der Waals surface area contributed by atoms with Crippen LogP contribution in [0, 0.1) is 0 Å². The van der Waals surface area contributed by atoms with Crippen molar-refractivity contribution in [1.29, 1.82) is 0 Å². The molecule has 0 aliphatic rings. The SMILES string of the molecule is Cl.NC(N)=NC(=O)Cc1ccc(Cl)cc1Cl. The van der Waals surface area contributed by atoms with Gasteiger partial charge in [-0.25, -0.2) is 0 Å². The summed E-state index contributed by atoms with van der Waals surface area (Å²) in [5.74, 6) is -0.704. The lowest BCUT2D eigenvalue weighted by Crippen LogP contribution is -2.24. The van der Waals surface area contributed by atoms with Gasteiger partial charge in [0.1, 0.15) is 0 Å². The highest BCUT2D eigenvalue weighted by Gasteiger charge is 2.06. The number of benzene rings is 1. The zero-order chi connectivity index (χ0) is 11.4. The molecule has 0 spiro atoms. The van der Waals surface area contributed by atoms with E-state index in [2.05, 4.69) is 4.99 Å². The summed E-state index contributed by atoms with van der Waals surface area (Å²) in [5, 5.41) is 0.930. The van der Waals surface area contributed by atoms with E-state index in [0.29, 0.717) is 15.6 Å². The molecule has 0 fully saturated rings. The molecule has 0 radical (unpaired) electrons. The zero-order valence-electron chi connectivity index (χ0n) is 8.11. The average molecular weight is 283 g/mol. The summed E-state index contributed by atoms with van der Waals surface area (Å²) in [4.78, 5) is 14.6. The number of nitrogens with zero attached hydrogens (tertiary/aromatic N) is 1. The minimum absolute atomic E-state index is 0. The Morgan fingerprint density at radius 2 is 1.94 bits per heavy atom. The van der Waals surface area contributed by atoms with Crippen LogP contribution in [-0.2, 0) is 11.2 Å². The van der Waals surface area contributed by atoms with Gasteiger partial charge in [0.15, 0.2) is 5.96 Å². The van der Waals surface area contributed by atoms with Crippen LogP contribution in [0.15, 0.2) is 23.2 Å². The Bertz CT molecular complexity index is 416. The number of hydrogen-bond donors (Lipinski definition) is 2. The second kappa shape index (κ2) is 6.58. The van der Waals surface area contributed by atoms with E-state index in [1.807, 2.05) is 0 Å². The fourth-order valence-corrected chi connectivity index (χ4v) is 1.49. The molecule has 1 aromatic rings. The predicted octanol–water partition coefficient (Wildman–Crippen LogP) is 1.76. The topological polar surface area (TPSA) is 81.5 Å². The molecule has 1 amide bonds. The van der Waals surface area contributed by atoms with E-state index in [4.69, 9.17) is 34.7 Å². The molecule has 0 atom stereocenters. The molecule has 0 saturated heterocycles. The number of carbonyl (C=O) groups is 1. The molecule has 0 unspecified atom stereocenters. The minimum Gasteiger partial charge on any atom is -0.370 e. The van der Waals surface area contributed by atoms with Crippen molar-refractivity contribution >= 4 is 47.5 Å². The standard InChI is InChI=1S/C9H9Cl2N3O.ClH/c10-6-2-1-5(7(11)4-6)3-8(15)14-9(12)13;/h1-2,4H,3H2,(H4,12,13,14,15);1H. The van der Waals surface area contributed by atoms with Gasteiger partial charge in [-0.3, -0.25) is 4.79 Å². The van der Waals surface area contributed by atoms with E-state index in [1.54, 1.807) is 18.2 Å². The first-order chi connectivity index (χ1) is 6.99. The molecule has 0 aliphatic heterocycles. The maximum Gasteiger partial charge on any atom is 0.253 e. The Labute approximate surface area is 109 Å². The molecule has 0 aliphatic carbocycles. The number of carbonyl (C=O) groups excluding carboxylic acids is 1. The molecule has 4 N–H and O–H groups in total. The van der Waals surface area contributed by atoms with Gasteiger partial charge < -0.3 is 11.5 Å². The van der Waals surface area contributed by atoms with Gasteiger partial charge in [0.25, 0.3) is 5.91 Å². The van der Waals surface area contributed by atoms with E-state index in [0.717, 1.165) is 0 Å². The summed E-state index contributed by atoms with van der Waals surface area (Å²) in [5.41, 5.74) is 10.8. The number of nitrogens with two attached hydrogens (primary N) is 2. The van der Waals surface area contributed by atoms with E-state index >= 15 is 0 Å². The number of aliphatic imine (C=N–C) groups is 1. The first-order valence-electron chi connectivity index (χ1n) is 4.05. The summed E-state index contributed by atoms with van der Waals surface area (Å²) in [6.45, 7) is 0. The van der Waals surface area contributed by atoms with Gasteiger partial charge in [-0.15, -0.1) is 12.4 Å². The highest BCUT2D eigenvalue weighted by atomic mass is 35.5. The van der Waals surface area contributed by atoms with Crippen molar-refractivity contribution in [3.63, 3.8) is 0 Å². The van der Waals surface area contributed by atoms with Crippen LogP contribution >= 0.6 is 35.6 Å². The minimum atomic E-state index is -0.445. The summed E-state index contributed by atoms with van der Waals surface area (Å²) in [6.07, 6.45) is 0.0495. The van der Waals surface area contributed by atoms with Crippen molar-refractivity contribution in [1.82, 2.24) is 0 Å². The summed E-state index contributed by atoms with van der Waals surface area (Å²) in [7, 11) is 0.